The fourth-order valence-corrected chi connectivity index (χ4v) is 2.98. The standard InChI is InChI=1S/C18H21N3O3/c1-24-17-5-4-13(11-20-17)18(14-8-15(22)9-14)21-16(23)7-12-3-2-6-19-10-12/h2-6,10-11,14-15,18,22H,7-9H2,1H3,(H,21,23)/t14?,15?,18-/m1/s1. The third-order valence-electron chi connectivity index (χ3n) is 4.35. The molecule has 0 bridgehead atoms. The van der Waals surface area contributed by atoms with Crippen LogP contribution in [0.2, 0.25) is 0 Å². The molecule has 0 unspecified atom stereocenters. The van der Waals surface area contributed by atoms with Crippen molar-refractivity contribution in [1.82, 2.24) is 15.3 Å². The van der Waals surface area contributed by atoms with Crippen molar-refractivity contribution in [1.29, 1.82) is 0 Å². The Kier molecular flexibility index (Phi) is 5.05. The Morgan fingerprint density at radius 1 is 1.38 bits per heavy atom. The van der Waals surface area contributed by atoms with Crippen molar-refractivity contribution < 1.29 is 14.6 Å². The Labute approximate surface area is 140 Å². The summed E-state index contributed by atoms with van der Waals surface area (Å²) >= 11 is 0. The Balaban J connectivity index is 1.71. The predicted molar refractivity (Wildman–Crippen MR) is 88.3 cm³/mol. The number of aliphatic hydroxyl groups is 1. The Bertz CT molecular complexity index is 670. The number of aromatic nitrogens is 2. The molecule has 0 aromatic carbocycles. The van der Waals surface area contributed by atoms with Crippen molar-refractivity contribution in [2.24, 2.45) is 5.92 Å². The number of rotatable bonds is 6. The van der Waals surface area contributed by atoms with E-state index < -0.39 is 0 Å². The molecule has 1 amide bonds. The normalized spacial score (nSPS) is 20.8. The minimum atomic E-state index is -0.279. The predicted octanol–water partition coefficient (Wildman–Crippen LogP) is 1.66. The third-order valence-corrected chi connectivity index (χ3v) is 4.35. The quantitative estimate of drug-likeness (QED) is 0.843. The van der Waals surface area contributed by atoms with Crippen LogP contribution in [0.5, 0.6) is 5.88 Å². The number of aliphatic hydroxyl groups excluding tert-OH is 1. The largest absolute Gasteiger partial charge is 0.481 e. The maximum absolute atomic E-state index is 12.4. The number of nitrogens with zero attached hydrogens (tertiary/aromatic N) is 2. The van der Waals surface area contributed by atoms with Crippen LogP contribution in [-0.2, 0) is 11.2 Å². The first-order chi connectivity index (χ1) is 11.7. The zero-order valence-electron chi connectivity index (χ0n) is 13.6. The highest BCUT2D eigenvalue weighted by atomic mass is 16.5. The van der Waals surface area contributed by atoms with E-state index in [0.29, 0.717) is 18.7 Å². The van der Waals surface area contributed by atoms with E-state index in [2.05, 4.69) is 15.3 Å². The summed E-state index contributed by atoms with van der Waals surface area (Å²) < 4.78 is 5.08. The van der Waals surface area contributed by atoms with Crippen LogP contribution in [0.15, 0.2) is 42.9 Å². The molecule has 1 aliphatic rings. The molecule has 6 heteroatoms. The summed E-state index contributed by atoms with van der Waals surface area (Å²) in [6.07, 6.45) is 6.47. The van der Waals surface area contributed by atoms with Gasteiger partial charge < -0.3 is 15.2 Å². The van der Waals surface area contributed by atoms with Crippen LogP contribution < -0.4 is 10.1 Å². The van der Waals surface area contributed by atoms with E-state index in [4.69, 9.17) is 4.74 Å². The number of methoxy groups -OCH3 is 1. The van der Waals surface area contributed by atoms with Crippen molar-refractivity contribution in [3.8, 4) is 5.88 Å². The minimum absolute atomic E-state index is 0.0646. The monoisotopic (exact) mass is 327 g/mol. The van der Waals surface area contributed by atoms with Gasteiger partial charge in [-0.3, -0.25) is 9.78 Å². The molecule has 1 fully saturated rings. The molecule has 1 aliphatic carbocycles. The Morgan fingerprint density at radius 3 is 2.79 bits per heavy atom. The molecule has 1 atom stereocenters. The second-order valence-electron chi connectivity index (χ2n) is 6.10. The second kappa shape index (κ2) is 7.40. The molecule has 126 valence electrons. The first kappa shape index (κ1) is 16.4. The molecule has 2 aromatic heterocycles. The van der Waals surface area contributed by atoms with Crippen molar-refractivity contribution in [2.45, 2.75) is 31.4 Å². The van der Waals surface area contributed by atoms with E-state index in [-0.39, 0.29) is 30.4 Å². The smallest absolute Gasteiger partial charge is 0.224 e. The lowest BCUT2D eigenvalue weighted by atomic mass is 9.75. The van der Waals surface area contributed by atoms with Gasteiger partial charge in [-0.05, 0) is 36.0 Å². The lowest BCUT2D eigenvalue weighted by Crippen LogP contribution is -2.41. The molecular formula is C18H21N3O3. The average Bonchev–Trinajstić information content (AvgIpc) is 2.58. The van der Waals surface area contributed by atoms with Gasteiger partial charge in [0.25, 0.3) is 0 Å². The zero-order chi connectivity index (χ0) is 16.9. The molecule has 0 saturated heterocycles. The summed E-state index contributed by atoms with van der Waals surface area (Å²) in [7, 11) is 1.57. The molecule has 3 rings (SSSR count). The summed E-state index contributed by atoms with van der Waals surface area (Å²) in [5.74, 6) is 0.686. The summed E-state index contributed by atoms with van der Waals surface area (Å²) in [4.78, 5) is 20.7. The summed E-state index contributed by atoms with van der Waals surface area (Å²) in [5, 5.41) is 12.7. The van der Waals surface area contributed by atoms with Crippen molar-refractivity contribution in [3.05, 3.63) is 54.0 Å². The highest BCUT2D eigenvalue weighted by Crippen LogP contribution is 2.38. The van der Waals surface area contributed by atoms with Gasteiger partial charge in [-0.25, -0.2) is 4.98 Å². The van der Waals surface area contributed by atoms with Crippen LogP contribution in [0, 0.1) is 5.92 Å². The van der Waals surface area contributed by atoms with Crippen LogP contribution in [-0.4, -0.2) is 34.2 Å². The number of nitrogens with one attached hydrogen (secondary N) is 1. The van der Waals surface area contributed by atoms with E-state index in [1.54, 1.807) is 31.8 Å². The van der Waals surface area contributed by atoms with Gasteiger partial charge in [-0.15, -0.1) is 0 Å². The molecule has 2 N–H and O–H groups in total. The summed E-state index contributed by atoms with van der Waals surface area (Å²) in [5.41, 5.74) is 1.79. The molecule has 1 saturated carbocycles. The van der Waals surface area contributed by atoms with Gasteiger partial charge in [0.2, 0.25) is 11.8 Å². The van der Waals surface area contributed by atoms with E-state index in [1.165, 1.54) is 0 Å². The minimum Gasteiger partial charge on any atom is -0.481 e. The molecule has 6 nitrogen and oxygen atoms in total. The molecule has 0 radical (unpaired) electrons. The van der Waals surface area contributed by atoms with Gasteiger partial charge in [-0.2, -0.15) is 0 Å². The maximum Gasteiger partial charge on any atom is 0.224 e. The number of carbonyl (C=O) groups is 1. The Hall–Kier alpha value is -2.47. The van der Waals surface area contributed by atoms with Crippen molar-refractivity contribution in [2.75, 3.05) is 7.11 Å². The van der Waals surface area contributed by atoms with E-state index in [9.17, 15) is 9.90 Å². The van der Waals surface area contributed by atoms with Crippen LogP contribution in [0.3, 0.4) is 0 Å². The van der Waals surface area contributed by atoms with Gasteiger partial charge in [0.05, 0.1) is 25.7 Å². The zero-order valence-corrected chi connectivity index (χ0v) is 13.6. The molecule has 0 aliphatic heterocycles. The van der Waals surface area contributed by atoms with Crippen LogP contribution in [0.25, 0.3) is 0 Å². The van der Waals surface area contributed by atoms with Gasteiger partial charge in [0, 0.05) is 24.7 Å². The number of amides is 1. The van der Waals surface area contributed by atoms with Crippen LogP contribution in [0.1, 0.15) is 30.0 Å². The van der Waals surface area contributed by atoms with Gasteiger partial charge in [0.15, 0.2) is 0 Å². The van der Waals surface area contributed by atoms with Gasteiger partial charge in [0.1, 0.15) is 0 Å². The number of hydrogen-bond acceptors (Lipinski definition) is 5. The number of pyridine rings is 2. The fraction of sp³-hybridized carbons (Fsp3) is 0.389. The fourth-order valence-electron chi connectivity index (χ4n) is 2.98. The molecule has 2 heterocycles. The molecule has 0 spiro atoms. The Morgan fingerprint density at radius 2 is 2.21 bits per heavy atom. The SMILES string of the molecule is COc1ccc([C@@H](NC(=O)Cc2cccnc2)C2CC(O)C2)cn1. The van der Waals surface area contributed by atoms with Crippen LogP contribution in [0.4, 0.5) is 0 Å². The van der Waals surface area contributed by atoms with E-state index in [0.717, 1.165) is 11.1 Å². The van der Waals surface area contributed by atoms with Gasteiger partial charge >= 0.3 is 0 Å². The van der Waals surface area contributed by atoms with Crippen LogP contribution >= 0.6 is 0 Å². The topological polar surface area (TPSA) is 84.3 Å². The number of ether oxygens (including phenoxy) is 1. The number of carbonyl (C=O) groups excluding carboxylic acids is 1. The highest BCUT2D eigenvalue weighted by molar-refractivity contribution is 5.79. The van der Waals surface area contributed by atoms with Crippen molar-refractivity contribution in [3.63, 3.8) is 0 Å². The number of hydrogen-bond donors (Lipinski definition) is 2. The first-order valence-electron chi connectivity index (χ1n) is 8.02. The third kappa shape index (κ3) is 3.89. The molecular weight excluding hydrogens is 306 g/mol. The first-order valence-corrected chi connectivity index (χ1v) is 8.02. The molecule has 24 heavy (non-hydrogen) atoms. The van der Waals surface area contributed by atoms with E-state index in [1.807, 2.05) is 18.2 Å². The van der Waals surface area contributed by atoms with Crippen molar-refractivity contribution >= 4 is 5.91 Å². The van der Waals surface area contributed by atoms with Gasteiger partial charge in [-0.1, -0.05) is 12.1 Å². The lowest BCUT2D eigenvalue weighted by molar-refractivity contribution is -0.122. The lowest BCUT2D eigenvalue weighted by Gasteiger charge is -2.38. The summed E-state index contributed by atoms with van der Waals surface area (Å²) in [6, 6.07) is 7.23. The summed E-state index contributed by atoms with van der Waals surface area (Å²) in [6.45, 7) is 0. The maximum atomic E-state index is 12.4. The highest BCUT2D eigenvalue weighted by Gasteiger charge is 2.35. The second-order valence-corrected chi connectivity index (χ2v) is 6.10. The van der Waals surface area contributed by atoms with E-state index >= 15 is 0 Å². The average molecular weight is 327 g/mol. The molecule has 2 aromatic rings.